The fourth-order valence-electron chi connectivity index (χ4n) is 2.92. The van der Waals surface area contributed by atoms with Crippen molar-refractivity contribution in [2.45, 2.75) is 33.9 Å². The Morgan fingerprint density at radius 1 is 1.28 bits per heavy atom. The zero-order chi connectivity index (χ0) is 18.0. The summed E-state index contributed by atoms with van der Waals surface area (Å²) in [6, 6.07) is 5.54. The first-order valence-electron chi connectivity index (χ1n) is 8.16. The molecule has 0 spiro atoms. The third-order valence-electron chi connectivity index (χ3n) is 4.25. The van der Waals surface area contributed by atoms with Crippen molar-refractivity contribution >= 4 is 5.91 Å². The average Bonchev–Trinajstić information content (AvgIpc) is 3.19. The molecular formula is C18H21N5O2. The van der Waals surface area contributed by atoms with Gasteiger partial charge in [-0.15, -0.1) is 0 Å². The summed E-state index contributed by atoms with van der Waals surface area (Å²) in [7, 11) is 1.73. The second kappa shape index (κ2) is 6.88. The predicted molar refractivity (Wildman–Crippen MR) is 92.9 cm³/mol. The highest BCUT2D eigenvalue weighted by molar-refractivity contribution is 5.95. The van der Waals surface area contributed by atoms with Crippen LogP contribution in [0.25, 0.3) is 11.4 Å². The van der Waals surface area contributed by atoms with Crippen LogP contribution in [0.15, 0.2) is 35.1 Å². The molecular weight excluding hydrogens is 318 g/mol. The maximum absolute atomic E-state index is 12.7. The summed E-state index contributed by atoms with van der Waals surface area (Å²) in [6.07, 6.45) is 3.34. The van der Waals surface area contributed by atoms with E-state index in [1.54, 1.807) is 24.3 Å². The highest BCUT2D eigenvalue weighted by Gasteiger charge is 2.20. The van der Waals surface area contributed by atoms with Gasteiger partial charge in [-0.1, -0.05) is 5.16 Å². The Bertz CT molecular complexity index is 882. The maximum atomic E-state index is 12.7. The largest absolute Gasteiger partial charge is 0.349 e. The van der Waals surface area contributed by atoms with Gasteiger partial charge in [-0.3, -0.25) is 9.78 Å². The van der Waals surface area contributed by atoms with E-state index in [-0.39, 0.29) is 12.5 Å². The second-order valence-corrected chi connectivity index (χ2v) is 5.94. The minimum absolute atomic E-state index is 0.0588. The maximum Gasteiger partial charge on any atom is 0.255 e. The molecule has 3 aromatic rings. The fourth-order valence-corrected chi connectivity index (χ4v) is 2.92. The van der Waals surface area contributed by atoms with Gasteiger partial charge in [-0.25, -0.2) is 0 Å². The summed E-state index contributed by atoms with van der Waals surface area (Å²) in [5.41, 5.74) is 3.58. The van der Waals surface area contributed by atoms with E-state index in [0.29, 0.717) is 17.3 Å². The minimum Gasteiger partial charge on any atom is -0.349 e. The van der Waals surface area contributed by atoms with Crippen LogP contribution in [0.4, 0.5) is 0 Å². The van der Waals surface area contributed by atoms with E-state index in [4.69, 9.17) is 4.52 Å². The lowest BCUT2D eigenvalue weighted by Crippen LogP contribution is -2.26. The number of rotatable bonds is 5. The van der Waals surface area contributed by atoms with Crippen molar-refractivity contribution in [2.75, 3.05) is 7.05 Å². The van der Waals surface area contributed by atoms with Crippen LogP contribution in [0.3, 0.4) is 0 Å². The van der Waals surface area contributed by atoms with Gasteiger partial charge < -0.3 is 14.0 Å². The van der Waals surface area contributed by atoms with Gasteiger partial charge in [0.25, 0.3) is 5.91 Å². The third-order valence-corrected chi connectivity index (χ3v) is 4.25. The van der Waals surface area contributed by atoms with Crippen LogP contribution in [-0.4, -0.2) is 37.5 Å². The van der Waals surface area contributed by atoms with E-state index in [0.717, 1.165) is 23.5 Å². The number of amides is 1. The molecule has 0 aliphatic carbocycles. The van der Waals surface area contributed by atoms with Gasteiger partial charge in [0, 0.05) is 42.9 Å². The Morgan fingerprint density at radius 2 is 2.00 bits per heavy atom. The minimum atomic E-state index is -0.0588. The molecule has 0 unspecified atom stereocenters. The van der Waals surface area contributed by atoms with Crippen molar-refractivity contribution in [3.05, 3.63) is 53.4 Å². The van der Waals surface area contributed by atoms with E-state index in [1.807, 2.05) is 32.0 Å². The average molecular weight is 339 g/mol. The van der Waals surface area contributed by atoms with E-state index < -0.39 is 0 Å². The molecule has 0 aliphatic heterocycles. The van der Waals surface area contributed by atoms with E-state index in [1.165, 1.54) is 0 Å². The van der Waals surface area contributed by atoms with Crippen LogP contribution in [-0.2, 0) is 13.1 Å². The van der Waals surface area contributed by atoms with Crippen molar-refractivity contribution in [1.82, 2.24) is 24.6 Å². The lowest BCUT2D eigenvalue weighted by atomic mass is 10.2. The monoisotopic (exact) mass is 339 g/mol. The highest BCUT2D eigenvalue weighted by atomic mass is 16.5. The molecule has 0 aromatic carbocycles. The number of carbonyl (C=O) groups excluding carboxylic acids is 1. The molecule has 0 fully saturated rings. The molecule has 0 atom stereocenters. The van der Waals surface area contributed by atoms with Crippen molar-refractivity contribution in [3.63, 3.8) is 0 Å². The van der Waals surface area contributed by atoms with Gasteiger partial charge >= 0.3 is 0 Å². The molecule has 7 heteroatoms. The number of hydrogen-bond donors (Lipinski definition) is 0. The van der Waals surface area contributed by atoms with Gasteiger partial charge in [0.2, 0.25) is 11.7 Å². The Hall–Kier alpha value is -2.96. The highest BCUT2D eigenvalue weighted by Crippen LogP contribution is 2.18. The summed E-state index contributed by atoms with van der Waals surface area (Å²) < 4.78 is 7.40. The molecule has 3 rings (SSSR count). The standard InChI is InChI=1S/C18H21N5O2/c1-5-23-12(2)10-15(13(23)3)18(24)22(4)11-16-20-17(21-25-16)14-6-8-19-9-7-14/h6-10H,5,11H2,1-4H3. The van der Waals surface area contributed by atoms with Crippen molar-refractivity contribution in [1.29, 1.82) is 0 Å². The molecule has 0 saturated carbocycles. The van der Waals surface area contributed by atoms with E-state index in [9.17, 15) is 4.79 Å². The van der Waals surface area contributed by atoms with Crippen molar-refractivity contribution in [2.24, 2.45) is 0 Å². The van der Waals surface area contributed by atoms with E-state index >= 15 is 0 Å². The first-order valence-corrected chi connectivity index (χ1v) is 8.16. The van der Waals surface area contributed by atoms with Gasteiger partial charge in [0.1, 0.15) is 0 Å². The number of pyridine rings is 1. The number of hydrogen-bond acceptors (Lipinski definition) is 5. The Labute approximate surface area is 146 Å². The Balaban J connectivity index is 1.75. The van der Waals surface area contributed by atoms with Crippen LogP contribution < -0.4 is 0 Å². The molecule has 0 bridgehead atoms. The van der Waals surface area contributed by atoms with Gasteiger partial charge in [0.05, 0.1) is 12.1 Å². The first-order chi connectivity index (χ1) is 12.0. The van der Waals surface area contributed by atoms with E-state index in [2.05, 4.69) is 26.6 Å². The second-order valence-electron chi connectivity index (χ2n) is 5.94. The molecule has 0 N–H and O–H groups in total. The van der Waals surface area contributed by atoms with Crippen LogP contribution in [0.5, 0.6) is 0 Å². The summed E-state index contributed by atoms with van der Waals surface area (Å²) in [6.45, 7) is 7.13. The van der Waals surface area contributed by atoms with Crippen LogP contribution in [0.2, 0.25) is 0 Å². The lowest BCUT2D eigenvalue weighted by molar-refractivity contribution is 0.0768. The Morgan fingerprint density at radius 3 is 2.64 bits per heavy atom. The summed E-state index contributed by atoms with van der Waals surface area (Å²) in [5.74, 6) is 0.825. The Kier molecular flexibility index (Phi) is 4.65. The quantitative estimate of drug-likeness (QED) is 0.714. The molecule has 0 radical (unpaired) electrons. The molecule has 1 amide bonds. The SMILES string of the molecule is CCn1c(C)cc(C(=O)N(C)Cc2nc(-c3ccncc3)no2)c1C. The number of carbonyl (C=O) groups is 1. The molecule has 0 aliphatic rings. The summed E-state index contributed by atoms with van der Waals surface area (Å²) in [5, 5.41) is 3.96. The first kappa shape index (κ1) is 16.9. The van der Waals surface area contributed by atoms with Gasteiger partial charge in [-0.2, -0.15) is 4.98 Å². The summed E-state index contributed by atoms with van der Waals surface area (Å²) >= 11 is 0. The zero-order valence-electron chi connectivity index (χ0n) is 14.9. The molecule has 3 heterocycles. The van der Waals surface area contributed by atoms with Crippen LogP contribution in [0.1, 0.15) is 34.6 Å². The number of aryl methyl sites for hydroxylation is 1. The predicted octanol–water partition coefficient (Wildman–Crippen LogP) is 2.84. The van der Waals surface area contributed by atoms with Crippen molar-refractivity contribution in [3.8, 4) is 11.4 Å². The van der Waals surface area contributed by atoms with Gasteiger partial charge in [0.15, 0.2) is 0 Å². The zero-order valence-corrected chi connectivity index (χ0v) is 14.9. The van der Waals surface area contributed by atoms with Crippen LogP contribution >= 0.6 is 0 Å². The molecule has 3 aromatic heterocycles. The molecule has 130 valence electrons. The topological polar surface area (TPSA) is 77.1 Å². The molecule has 0 saturated heterocycles. The number of nitrogens with zero attached hydrogens (tertiary/aromatic N) is 5. The summed E-state index contributed by atoms with van der Waals surface area (Å²) in [4.78, 5) is 22.7. The van der Waals surface area contributed by atoms with Crippen molar-refractivity contribution < 1.29 is 9.32 Å². The van der Waals surface area contributed by atoms with Crippen LogP contribution in [0, 0.1) is 13.8 Å². The molecule has 25 heavy (non-hydrogen) atoms. The molecule has 7 nitrogen and oxygen atoms in total. The van der Waals surface area contributed by atoms with Gasteiger partial charge in [-0.05, 0) is 39.0 Å². The normalized spacial score (nSPS) is 10.9. The number of aromatic nitrogens is 4. The third kappa shape index (κ3) is 3.31. The smallest absolute Gasteiger partial charge is 0.255 e. The fraction of sp³-hybridized carbons (Fsp3) is 0.333. The lowest BCUT2D eigenvalue weighted by Gasteiger charge is -2.15.